The molecule has 2 aromatic carbocycles. The Hall–Kier alpha value is -3.12. The molecule has 2 aromatic rings. The minimum atomic E-state index is -0.609. The van der Waals surface area contributed by atoms with Gasteiger partial charge in [-0.1, -0.05) is 36.4 Å². The number of amides is 2. The second-order valence-electron chi connectivity index (χ2n) is 6.35. The number of rotatable bonds is 5. The molecule has 1 atom stereocenters. The number of benzene rings is 2. The molecule has 1 heterocycles. The van der Waals surface area contributed by atoms with Gasteiger partial charge in [-0.3, -0.25) is 14.8 Å². The van der Waals surface area contributed by atoms with Crippen LogP contribution in [0, 0.1) is 0 Å². The molecule has 1 unspecified atom stereocenters. The Kier molecular flexibility index (Phi) is 6.22. The Morgan fingerprint density at radius 2 is 1.85 bits per heavy atom. The van der Waals surface area contributed by atoms with E-state index in [0.717, 1.165) is 18.4 Å². The first kappa shape index (κ1) is 18.7. The van der Waals surface area contributed by atoms with Crippen LogP contribution in [0.25, 0.3) is 6.08 Å². The van der Waals surface area contributed by atoms with Crippen molar-refractivity contribution in [3.8, 4) is 5.75 Å². The topological polar surface area (TPSA) is 78.9 Å². The van der Waals surface area contributed by atoms with Gasteiger partial charge in [0.1, 0.15) is 11.9 Å². The number of hydroxylamine groups is 1. The van der Waals surface area contributed by atoms with Crippen LogP contribution >= 0.6 is 0 Å². The standard InChI is InChI=1S/C21H22N2O4/c24-20(22-26)13-12-16-7-4-5-11-19(16)27-18-10-6-14-23(15-18)21(25)17-8-2-1-3-9-17/h1-5,7-9,11-13,18,26H,6,10,14-15H2,(H,22,24)/b13-12+. The van der Waals surface area contributed by atoms with Crippen molar-refractivity contribution in [2.75, 3.05) is 13.1 Å². The highest BCUT2D eigenvalue weighted by atomic mass is 16.5. The van der Waals surface area contributed by atoms with Crippen LogP contribution in [-0.2, 0) is 4.79 Å². The zero-order chi connectivity index (χ0) is 19.1. The summed E-state index contributed by atoms with van der Waals surface area (Å²) in [6, 6.07) is 16.6. The van der Waals surface area contributed by atoms with Gasteiger partial charge in [0.15, 0.2) is 0 Å². The third-order valence-electron chi connectivity index (χ3n) is 4.42. The molecule has 0 aromatic heterocycles. The second-order valence-corrected chi connectivity index (χ2v) is 6.35. The van der Waals surface area contributed by atoms with Crippen LogP contribution in [0.5, 0.6) is 5.75 Å². The van der Waals surface area contributed by atoms with E-state index in [1.807, 2.05) is 59.5 Å². The van der Waals surface area contributed by atoms with E-state index < -0.39 is 5.91 Å². The predicted octanol–water partition coefficient (Wildman–Crippen LogP) is 2.89. The number of para-hydroxylation sites is 1. The van der Waals surface area contributed by atoms with Crippen LogP contribution in [0.2, 0.25) is 0 Å². The molecule has 0 bridgehead atoms. The number of hydrogen-bond donors (Lipinski definition) is 2. The van der Waals surface area contributed by atoms with Gasteiger partial charge in [-0.2, -0.15) is 0 Å². The Morgan fingerprint density at radius 1 is 1.11 bits per heavy atom. The van der Waals surface area contributed by atoms with Crippen molar-refractivity contribution in [1.29, 1.82) is 0 Å². The summed E-state index contributed by atoms with van der Waals surface area (Å²) in [5, 5.41) is 8.60. The third kappa shape index (κ3) is 4.95. The van der Waals surface area contributed by atoms with E-state index in [1.54, 1.807) is 11.6 Å². The van der Waals surface area contributed by atoms with Crippen molar-refractivity contribution in [3.63, 3.8) is 0 Å². The summed E-state index contributed by atoms with van der Waals surface area (Å²) in [7, 11) is 0. The minimum Gasteiger partial charge on any atom is -0.488 e. The van der Waals surface area contributed by atoms with E-state index in [4.69, 9.17) is 9.94 Å². The minimum absolute atomic E-state index is 0.0108. The third-order valence-corrected chi connectivity index (χ3v) is 4.42. The van der Waals surface area contributed by atoms with E-state index >= 15 is 0 Å². The molecule has 0 spiro atoms. The first-order chi connectivity index (χ1) is 13.2. The summed E-state index contributed by atoms with van der Waals surface area (Å²) in [5.41, 5.74) is 2.97. The maximum Gasteiger partial charge on any atom is 0.267 e. The number of hydrogen-bond acceptors (Lipinski definition) is 4. The number of carbonyl (C=O) groups excluding carboxylic acids is 2. The number of nitrogens with zero attached hydrogens (tertiary/aromatic N) is 1. The first-order valence-corrected chi connectivity index (χ1v) is 8.89. The lowest BCUT2D eigenvalue weighted by molar-refractivity contribution is -0.124. The van der Waals surface area contributed by atoms with Gasteiger partial charge in [0.2, 0.25) is 0 Å². The molecule has 140 valence electrons. The number of likely N-dealkylation sites (tertiary alicyclic amines) is 1. The molecule has 0 radical (unpaired) electrons. The van der Waals surface area contributed by atoms with Crippen LogP contribution in [0.1, 0.15) is 28.8 Å². The lowest BCUT2D eigenvalue weighted by Crippen LogP contribution is -2.44. The Morgan fingerprint density at radius 3 is 2.63 bits per heavy atom. The number of ether oxygens (including phenoxy) is 1. The van der Waals surface area contributed by atoms with Crippen LogP contribution in [0.15, 0.2) is 60.7 Å². The second kappa shape index (κ2) is 9.00. The van der Waals surface area contributed by atoms with E-state index in [2.05, 4.69) is 0 Å². The van der Waals surface area contributed by atoms with E-state index in [1.165, 1.54) is 6.08 Å². The Bertz CT molecular complexity index is 820. The molecule has 2 N–H and O–H groups in total. The Balaban J connectivity index is 1.69. The van der Waals surface area contributed by atoms with Crippen LogP contribution < -0.4 is 10.2 Å². The molecule has 3 rings (SSSR count). The molecule has 6 nitrogen and oxygen atoms in total. The smallest absolute Gasteiger partial charge is 0.267 e. The molecule has 1 aliphatic rings. The average molecular weight is 366 g/mol. The molecule has 0 saturated carbocycles. The maximum atomic E-state index is 12.7. The monoisotopic (exact) mass is 366 g/mol. The predicted molar refractivity (Wildman–Crippen MR) is 101 cm³/mol. The molecular weight excluding hydrogens is 344 g/mol. The van der Waals surface area contributed by atoms with Crippen molar-refractivity contribution in [3.05, 3.63) is 71.8 Å². The highest BCUT2D eigenvalue weighted by Crippen LogP contribution is 2.24. The molecule has 27 heavy (non-hydrogen) atoms. The fourth-order valence-corrected chi connectivity index (χ4v) is 3.09. The van der Waals surface area contributed by atoms with Crippen molar-refractivity contribution in [2.24, 2.45) is 0 Å². The van der Waals surface area contributed by atoms with Gasteiger partial charge >= 0.3 is 0 Å². The molecule has 2 amide bonds. The molecule has 1 aliphatic heterocycles. The lowest BCUT2D eigenvalue weighted by Gasteiger charge is -2.33. The van der Waals surface area contributed by atoms with Gasteiger partial charge in [0.25, 0.3) is 11.8 Å². The van der Waals surface area contributed by atoms with Gasteiger partial charge in [0, 0.05) is 23.7 Å². The fraction of sp³-hybridized carbons (Fsp3) is 0.238. The quantitative estimate of drug-likeness (QED) is 0.484. The van der Waals surface area contributed by atoms with Crippen LogP contribution in [0.3, 0.4) is 0 Å². The van der Waals surface area contributed by atoms with Crippen molar-refractivity contribution in [2.45, 2.75) is 18.9 Å². The van der Waals surface area contributed by atoms with Crippen LogP contribution in [0.4, 0.5) is 0 Å². The summed E-state index contributed by atoms with van der Waals surface area (Å²) >= 11 is 0. The van der Waals surface area contributed by atoms with Gasteiger partial charge in [0.05, 0.1) is 6.54 Å². The highest BCUT2D eigenvalue weighted by molar-refractivity contribution is 5.94. The van der Waals surface area contributed by atoms with Gasteiger partial charge in [-0.05, 0) is 37.1 Å². The summed E-state index contributed by atoms with van der Waals surface area (Å²) in [5.74, 6) is 0.0392. The van der Waals surface area contributed by atoms with E-state index in [-0.39, 0.29) is 12.0 Å². The molecular formula is C21H22N2O4. The average Bonchev–Trinajstić information content (AvgIpc) is 2.73. The molecule has 0 aliphatic carbocycles. The molecule has 6 heteroatoms. The fourth-order valence-electron chi connectivity index (χ4n) is 3.09. The van der Waals surface area contributed by atoms with E-state index in [0.29, 0.717) is 24.4 Å². The number of nitrogens with one attached hydrogen (secondary N) is 1. The summed E-state index contributed by atoms with van der Waals surface area (Å²) < 4.78 is 6.13. The molecule has 1 fully saturated rings. The van der Waals surface area contributed by atoms with Crippen molar-refractivity contribution < 1.29 is 19.5 Å². The normalized spacial score (nSPS) is 16.9. The van der Waals surface area contributed by atoms with Crippen LogP contribution in [-0.4, -0.2) is 41.1 Å². The van der Waals surface area contributed by atoms with E-state index in [9.17, 15) is 9.59 Å². The lowest BCUT2D eigenvalue weighted by atomic mass is 10.1. The summed E-state index contributed by atoms with van der Waals surface area (Å²) in [6.45, 7) is 1.23. The van der Waals surface area contributed by atoms with Crippen molar-refractivity contribution in [1.82, 2.24) is 10.4 Å². The zero-order valence-electron chi connectivity index (χ0n) is 14.9. The largest absolute Gasteiger partial charge is 0.488 e. The highest BCUT2D eigenvalue weighted by Gasteiger charge is 2.26. The first-order valence-electron chi connectivity index (χ1n) is 8.89. The number of carbonyl (C=O) groups is 2. The number of piperidine rings is 1. The van der Waals surface area contributed by atoms with Crippen molar-refractivity contribution >= 4 is 17.9 Å². The van der Waals surface area contributed by atoms with Gasteiger partial charge in [-0.25, -0.2) is 5.48 Å². The zero-order valence-corrected chi connectivity index (χ0v) is 14.9. The maximum absolute atomic E-state index is 12.7. The van der Waals surface area contributed by atoms with Gasteiger partial charge < -0.3 is 9.64 Å². The molecule has 1 saturated heterocycles. The Labute approximate surface area is 158 Å². The van der Waals surface area contributed by atoms with Gasteiger partial charge in [-0.15, -0.1) is 0 Å². The SMILES string of the molecule is O=C(/C=C/c1ccccc1OC1CCCN(C(=O)c2ccccc2)C1)NO. The summed E-state index contributed by atoms with van der Waals surface area (Å²) in [6.07, 6.45) is 4.42. The summed E-state index contributed by atoms with van der Waals surface area (Å²) in [4.78, 5) is 25.7.